The molecule has 0 aliphatic carbocycles. The Morgan fingerprint density at radius 3 is 2.06 bits per heavy atom. The highest BCUT2D eigenvalue weighted by Gasteiger charge is 2.12. The molecule has 0 atom stereocenters. The maximum Gasteiger partial charge on any atom is 0.225 e. The Morgan fingerprint density at radius 2 is 1.65 bits per heavy atom. The fourth-order valence-electron chi connectivity index (χ4n) is 1.69. The van der Waals surface area contributed by atoms with Crippen molar-refractivity contribution in [2.24, 2.45) is 5.92 Å². The van der Waals surface area contributed by atoms with Gasteiger partial charge in [-0.25, -0.2) is 0 Å². The van der Waals surface area contributed by atoms with E-state index in [9.17, 15) is 4.79 Å². The Hall–Kier alpha value is -1.51. The Balaban J connectivity index is 2.66. The van der Waals surface area contributed by atoms with E-state index in [1.807, 2.05) is 35.0 Å². The predicted molar refractivity (Wildman–Crippen MR) is 72.1 cm³/mol. The summed E-state index contributed by atoms with van der Waals surface area (Å²) < 4.78 is 0. The smallest absolute Gasteiger partial charge is 0.225 e. The van der Waals surface area contributed by atoms with Crippen LogP contribution in [-0.4, -0.2) is 32.0 Å². The zero-order valence-electron chi connectivity index (χ0n) is 11.4. The minimum absolute atomic E-state index is 0.0565. The largest absolute Gasteiger partial charge is 0.378 e. The SMILES string of the molecule is CC(C)C(=O)N(C)Cc1ccc(N(C)C)cc1. The highest BCUT2D eigenvalue weighted by atomic mass is 16.2. The molecule has 3 heteroatoms. The second-order valence-corrected chi connectivity index (χ2v) is 4.91. The quantitative estimate of drug-likeness (QED) is 0.798. The molecular weight excluding hydrogens is 212 g/mol. The lowest BCUT2D eigenvalue weighted by Gasteiger charge is -2.20. The van der Waals surface area contributed by atoms with Crippen LogP contribution in [0.15, 0.2) is 24.3 Å². The Labute approximate surface area is 104 Å². The molecule has 17 heavy (non-hydrogen) atoms. The Morgan fingerprint density at radius 1 is 1.12 bits per heavy atom. The Kier molecular flexibility index (Phi) is 4.55. The summed E-state index contributed by atoms with van der Waals surface area (Å²) in [5.41, 5.74) is 2.33. The molecule has 0 saturated carbocycles. The third-order valence-electron chi connectivity index (χ3n) is 2.74. The van der Waals surface area contributed by atoms with Gasteiger partial charge in [0.15, 0.2) is 0 Å². The normalized spacial score (nSPS) is 10.5. The first-order valence-corrected chi connectivity index (χ1v) is 5.93. The fraction of sp³-hybridized carbons (Fsp3) is 0.500. The van der Waals surface area contributed by atoms with Gasteiger partial charge in [0.1, 0.15) is 0 Å². The maximum atomic E-state index is 11.7. The van der Waals surface area contributed by atoms with E-state index in [1.165, 1.54) is 5.69 Å². The molecule has 0 radical (unpaired) electrons. The lowest BCUT2D eigenvalue weighted by Crippen LogP contribution is -2.29. The van der Waals surface area contributed by atoms with Crippen LogP contribution in [0.5, 0.6) is 0 Å². The van der Waals surface area contributed by atoms with E-state index in [1.54, 1.807) is 4.90 Å². The van der Waals surface area contributed by atoms with Gasteiger partial charge in [-0.3, -0.25) is 4.79 Å². The van der Waals surface area contributed by atoms with Gasteiger partial charge in [-0.15, -0.1) is 0 Å². The summed E-state index contributed by atoms with van der Waals surface area (Å²) in [6.07, 6.45) is 0. The van der Waals surface area contributed by atoms with Gasteiger partial charge < -0.3 is 9.80 Å². The number of nitrogens with zero attached hydrogens (tertiary/aromatic N) is 2. The number of hydrogen-bond acceptors (Lipinski definition) is 2. The summed E-state index contributed by atoms with van der Waals surface area (Å²) >= 11 is 0. The minimum atomic E-state index is 0.0565. The second kappa shape index (κ2) is 5.71. The van der Waals surface area contributed by atoms with Crippen LogP contribution in [0.2, 0.25) is 0 Å². The average molecular weight is 234 g/mol. The van der Waals surface area contributed by atoms with Crippen molar-refractivity contribution in [1.29, 1.82) is 0 Å². The Bertz CT molecular complexity index is 368. The van der Waals surface area contributed by atoms with Crippen molar-refractivity contribution in [3.8, 4) is 0 Å². The third kappa shape index (κ3) is 3.77. The van der Waals surface area contributed by atoms with Gasteiger partial charge in [0.25, 0.3) is 0 Å². The first-order chi connectivity index (χ1) is 7.91. The van der Waals surface area contributed by atoms with Crippen molar-refractivity contribution in [1.82, 2.24) is 4.90 Å². The van der Waals surface area contributed by atoms with Crippen LogP contribution in [0.25, 0.3) is 0 Å². The predicted octanol–water partition coefficient (Wildman–Crippen LogP) is 2.37. The third-order valence-corrected chi connectivity index (χ3v) is 2.74. The number of anilines is 1. The van der Waals surface area contributed by atoms with Gasteiger partial charge in [0.2, 0.25) is 5.91 Å². The van der Waals surface area contributed by atoms with E-state index in [-0.39, 0.29) is 11.8 Å². The number of amides is 1. The summed E-state index contributed by atoms with van der Waals surface area (Å²) in [6, 6.07) is 8.28. The molecule has 0 spiro atoms. The van der Waals surface area contributed by atoms with Gasteiger partial charge in [-0.1, -0.05) is 26.0 Å². The highest BCUT2D eigenvalue weighted by molar-refractivity contribution is 5.77. The van der Waals surface area contributed by atoms with Gasteiger partial charge in [-0.2, -0.15) is 0 Å². The minimum Gasteiger partial charge on any atom is -0.378 e. The second-order valence-electron chi connectivity index (χ2n) is 4.91. The van der Waals surface area contributed by atoms with E-state index in [2.05, 4.69) is 29.2 Å². The number of rotatable bonds is 4. The lowest BCUT2D eigenvalue weighted by atomic mass is 10.1. The molecular formula is C14H22N2O. The molecule has 0 saturated heterocycles. The molecule has 0 aliphatic rings. The topological polar surface area (TPSA) is 23.6 Å². The summed E-state index contributed by atoms with van der Waals surface area (Å²) in [5.74, 6) is 0.239. The van der Waals surface area contributed by atoms with Crippen molar-refractivity contribution in [3.63, 3.8) is 0 Å². The number of carbonyl (C=O) groups is 1. The van der Waals surface area contributed by atoms with Gasteiger partial charge in [0.05, 0.1) is 0 Å². The molecule has 0 aromatic heterocycles. The first kappa shape index (κ1) is 13.6. The van der Waals surface area contributed by atoms with Crippen LogP contribution in [0, 0.1) is 5.92 Å². The molecule has 1 aromatic carbocycles. The first-order valence-electron chi connectivity index (χ1n) is 5.93. The molecule has 1 rings (SSSR count). The van der Waals surface area contributed by atoms with E-state index in [0.717, 1.165) is 5.56 Å². The number of carbonyl (C=O) groups excluding carboxylic acids is 1. The highest BCUT2D eigenvalue weighted by Crippen LogP contribution is 2.14. The summed E-state index contributed by atoms with van der Waals surface area (Å²) in [6.45, 7) is 4.52. The lowest BCUT2D eigenvalue weighted by molar-refractivity contribution is -0.133. The van der Waals surface area contributed by atoms with Crippen LogP contribution < -0.4 is 4.90 Å². The molecule has 3 nitrogen and oxygen atoms in total. The maximum absolute atomic E-state index is 11.7. The molecule has 1 aromatic rings. The molecule has 0 heterocycles. The van der Waals surface area contributed by atoms with Gasteiger partial charge in [-0.05, 0) is 17.7 Å². The summed E-state index contributed by atoms with van der Waals surface area (Å²) in [5, 5.41) is 0. The van der Waals surface area contributed by atoms with E-state index in [0.29, 0.717) is 6.54 Å². The van der Waals surface area contributed by atoms with E-state index in [4.69, 9.17) is 0 Å². The average Bonchev–Trinajstić information content (AvgIpc) is 2.28. The van der Waals surface area contributed by atoms with Crippen molar-refractivity contribution >= 4 is 11.6 Å². The van der Waals surface area contributed by atoms with E-state index < -0.39 is 0 Å². The number of benzene rings is 1. The fourth-order valence-corrected chi connectivity index (χ4v) is 1.69. The van der Waals surface area contributed by atoms with Crippen molar-refractivity contribution in [2.45, 2.75) is 20.4 Å². The van der Waals surface area contributed by atoms with Crippen LogP contribution in [0.4, 0.5) is 5.69 Å². The van der Waals surface area contributed by atoms with Crippen molar-refractivity contribution in [2.75, 3.05) is 26.0 Å². The van der Waals surface area contributed by atoms with Gasteiger partial charge >= 0.3 is 0 Å². The molecule has 0 fully saturated rings. The molecule has 0 aliphatic heterocycles. The molecule has 0 unspecified atom stereocenters. The molecule has 94 valence electrons. The summed E-state index contributed by atoms with van der Waals surface area (Å²) in [7, 11) is 5.88. The monoisotopic (exact) mass is 234 g/mol. The van der Waals surface area contributed by atoms with Crippen molar-refractivity contribution < 1.29 is 4.79 Å². The van der Waals surface area contributed by atoms with Crippen LogP contribution in [0.1, 0.15) is 19.4 Å². The van der Waals surface area contributed by atoms with E-state index >= 15 is 0 Å². The van der Waals surface area contributed by atoms with Crippen molar-refractivity contribution in [3.05, 3.63) is 29.8 Å². The van der Waals surface area contributed by atoms with Crippen LogP contribution in [-0.2, 0) is 11.3 Å². The molecule has 1 amide bonds. The number of hydrogen-bond donors (Lipinski definition) is 0. The molecule has 0 bridgehead atoms. The zero-order valence-corrected chi connectivity index (χ0v) is 11.4. The zero-order chi connectivity index (χ0) is 13.0. The van der Waals surface area contributed by atoms with Gasteiger partial charge in [0, 0.05) is 39.3 Å². The van der Waals surface area contributed by atoms with Crippen LogP contribution in [0.3, 0.4) is 0 Å². The summed E-state index contributed by atoms with van der Waals surface area (Å²) in [4.78, 5) is 15.6. The standard InChI is InChI=1S/C14H22N2O/c1-11(2)14(17)16(5)10-12-6-8-13(9-7-12)15(3)4/h6-9,11H,10H2,1-5H3. The van der Waals surface area contributed by atoms with Crippen LogP contribution >= 0.6 is 0 Å². The molecule has 0 N–H and O–H groups in total.